The van der Waals surface area contributed by atoms with Gasteiger partial charge in [-0.3, -0.25) is 4.79 Å². The molecule has 1 aromatic rings. The average Bonchev–Trinajstić information content (AvgIpc) is 3.05. The molecule has 4 unspecified atom stereocenters. The quantitative estimate of drug-likeness (QED) is 0.828. The largest absolute Gasteiger partial charge is 0.368 e. The Morgan fingerprint density at radius 2 is 2.19 bits per heavy atom. The van der Waals surface area contributed by atoms with Crippen molar-refractivity contribution in [2.24, 2.45) is 24.8 Å². The molecule has 1 aliphatic heterocycles. The van der Waals surface area contributed by atoms with Crippen LogP contribution in [0.3, 0.4) is 0 Å². The standard InChI is InChI=1S/C20H34N4O2.ClH/c1-14(2)16-6-5-15(3)11-18(16)26-13-19(25)24-10-7-21-12-17(24)20-22-8-9-23(20)4;/h8-9,14-18,21H,5-7,10-13H2,1-4H3;1H. The molecule has 0 radical (unpaired) electrons. The molecule has 1 saturated carbocycles. The van der Waals surface area contributed by atoms with E-state index in [0.717, 1.165) is 25.3 Å². The Kier molecular flexibility index (Phi) is 8.13. The lowest BCUT2D eigenvalue weighted by atomic mass is 9.75. The second-order valence-electron chi connectivity index (χ2n) is 8.38. The van der Waals surface area contributed by atoms with Crippen LogP contribution in [0.5, 0.6) is 0 Å². The average molecular weight is 399 g/mol. The zero-order chi connectivity index (χ0) is 18.7. The maximum absolute atomic E-state index is 13.0. The fourth-order valence-corrected chi connectivity index (χ4v) is 4.50. The number of nitrogens with zero attached hydrogens (tertiary/aromatic N) is 3. The van der Waals surface area contributed by atoms with E-state index in [1.807, 2.05) is 22.7 Å². The number of carbonyl (C=O) groups excluding carboxylic acids is 1. The van der Waals surface area contributed by atoms with Crippen molar-refractivity contribution in [1.29, 1.82) is 0 Å². The van der Waals surface area contributed by atoms with E-state index < -0.39 is 0 Å². The van der Waals surface area contributed by atoms with Crippen LogP contribution >= 0.6 is 12.4 Å². The van der Waals surface area contributed by atoms with Crippen molar-refractivity contribution in [3.63, 3.8) is 0 Å². The summed E-state index contributed by atoms with van der Waals surface area (Å²) in [5.74, 6) is 2.86. The van der Waals surface area contributed by atoms with Crippen molar-refractivity contribution in [3.8, 4) is 0 Å². The van der Waals surface area contributed by atoms with Crippen molar-refractivity contribution in [3.05, 3.63) is 18.2 Å². The molecule has 1 N–H and O–H groups in total. The molecule has 1 amide bonds. The van der Waals surface area contributed by atoms with Crippen LogP contribution in [0.2, 0.25) is 0 Å². The lowest BCUT2D eigenvalue weighted by molar-refractivity contribution is -0.145. The molecule has 2 aliphatic rings. The zero-order valence-corrected chi connectivity index (χ0v) is 17.9. The molecule has 4 atom stereocenters. The summed E-state index contributed by atoms with van der Waals surface area (Å²) in [4.78, 5) is 19.3. The summed E-state index contributed by atoms with van der Waals surface area (Å²) in [6.07, 6.45) is 7.48. The third-order valence-corrected chi connectivity index (χ3v) is 6.10. The minimum Gasteiger partial charge on any atom is -0.368 e. The van der Waals surface area contributed by atoms with Crippen molar-refractivity contribution in [1.82, 2.24) is 19.8 Å². The number of imidazole rings is 1. The van der Waals surface area contributed by atoms with Gasteiger partial charge in [0.15, 0.2) is 0 Å². The minimum atomic E-state index is -0.0222. The highest BCUT2D eigenvalue weighted by molar-refractivity contribution is 5.85. The Balaban J connectivity index is 0.00000261. The second-order valence-corrected chi connectivity index (χ2v) is 8.38. The minimum absolute atomic E-state index is 0. The van der Waals surface area contributed by atoms with Crippen molar-refractivity contribution >= 4 is 18.3 Å². The van der Waals surface area contributed by atoms with Gasteiger partial charge in [-0.1, -0.05) is 27.2 Å². The number of nitrogens with one attached hydrogen (secondary N) is 1. The molecule has 1 saturated heterocycles. The molecule has 3 rings (SSSR count). The molecular formula is C20H35ClN4O2. The number of amides is 1. The molecule has 27 heavy (non-hydrogen) atoms. The Morgan fingerprint density at radius 1 is 1.41 bits per heavy atom. The summed E-state index contributed by atoms with van der Waals surface area (Å²) in [7, 11) is 1.98. The van der Waals surface area contributed by atoms with Gasteiger partial charge in [0, 0.05) is 39.1 Å². The van der Waals surface area contributed by atoms with E-state index in [1.165, 1.54) is 12.8 Å². The number of ether oxygens (including phenoxy) is 1. The number of aromatic nitrogens is 2. The third kappa shape index (κ3) is 5.24. The number of rotatable bonds is 5. The van der Waals surface area contributed by atoms with Crippen molar-refractivity contribution in [2.45, 2.75) is 52.2 Å². The molecule has 6 nitrogen and oxygen atoms in total. The van der Waals surface area contributed by atoms with E-state index in [-0.39, 0.29) is 37.1 Å². The van der Waals surface area contributed by atoms with Gasteiger partial charge in [-0.2, -0.15) is 0 Å². The van der Waals surface area contributed by atoms with Crippen LogP contribution in [0, 0.1) is 17.8 Å². The topological polar surface area (TPSA) is 59.4 Å². The van der Waals surface area contributed by atoms with Gasteiger partial charge in [-0.25, -0.2) is 4.98 Å². The van der Waals surface area contributed by atoms with Crippen LogP contribution in [-0.4, -0.2) is 52.7 Å². The number of hydrogen-bond acceptors (Lipinski definition) is 4. The molecule has 0 bridgehead atoms. The number of halogens is 1. The molecular weight excluding hydrogens is 364 g/mol. The van der Waals surface area contributed by atoms with E-state index in [9.17, 15) is 4.79 Å². The number of carbonyl (C=O) groups is 1. The Hall–Kier alpha value is -1.11. The fraction of sp³-hybridized carbons (Fsp3) is 0.800. The van der Waals surface area contributed by atoms with Crippen LogP contribution < -0.4 is 5.32 Å². The van der Waals surface area contributed by atoms with Gasteiger partial charge < -0.3 is 19.5 Å². The van der Waals surface area contributed by atoms with E-state index in [4.69, 9.17) is 4.74 Å². The summed E-state index contributed by atoms with van der Waals surface area (Å²) < 4.78 is 8.20. The highest BCUT2D eigenvalue weighted by Crippen LogP contribution is 2.35. The maximum Gasteiger partial charge on any atom is 0.249 e. The molecule has 0 aromatic carbocycles. The van der Waals surface area contributed by atoms with Gasteiger partial charge in [-0.05, 0) is 30.6 Å². The predicted octanol–water partition coefficient (Wildman–Crippen LogP) is 2.79. The first-order valence-electron chi connectivity index (χ1n) is 10.1. The van der Waals surface area contributed by atoms with Crippen LogP contribution in [0.25, 0.3) is 0 Å². The molecule has 154 valence electrons. The third-order valence-electron chi connectivity index (χ3n) is 6.10. The van der Waals surface area contributed by atoms with E-state index >= 15 is 0 Å². The summed E-state index contributed by atoms with van der Waals surface area (Å²) >= 11 is 0. The smallest absolute Gasteiger partial charge is 0.249 e. The van der Waals surface area contributed by atoms with Crippen LogP contribution in [-0.2, 0) is 16.6 Å². The normalized spacial score (nSPS) is 28.9. The van der Waals surface area contributed by atoms with E-state index in [2.05, 4.69) is 31.1 Å². The number of hydrogen-bond donors (Lipinski definition) is 1. The van der Waals surface area contributed by atoms with E-state index in [1.54, 1.807) is 6.20 Å². The molecule has 2 fully saturated rings. The first-order chi connectivity index (χ1) is 12.5. The molecule has 7 heteroatoms. The van der Waals surface area contributed by atoms with Crippen LogP contribution in [0.4, 0.5) is 0 Å². The van der Waals surface area contributed by atoms with Gasteiger partial charge in [0.1, 0.15) is 18.5 Å². The summed E-state index contributed by atoms with van der Waals surface area (Å²) in [6.45, 7) is 9.28. The van der Waals surface area contributed by atoms with Crippen LogP contribution in [0.1, 0.15) is 51.9 Å². The Morgan fingerprint density at radius 3 is 2.85 bits per heavy atom. The van der Waals surface area contributed by atoms with Crippen molar-refractivity contribution in [2.75, 3.05) is 26.2 Å². The molecule has 0 spiro atoms. The van der Waals surface area contributed by atoms with Gasteiger partial charge in [-0.15, -0.1) is 12.4 Å². The highest BCUT2D eigenvalue weighted by Gasteiger charge is 2.34. The maximum atomic E-state index is 13.0. The van der Waals surface area contributed by atoms with Crippen molar-refractivity contribution < 1.29 is 9.53 Å². The molecule has 1 aromatic heterocycles. The van der Waals surface area contributed by atoms with E-state index in [0.29, 0.717) is 24.3 Å². The predicted molar refractivity (Wildman–Crippen MR) is 109 cm³/mol. The Labute approximate surface area is 169 Å². The second kappa shape index (κ2) is 9.89. The molecule has 2 heterocycles. The SMILES string of the molecule is CC1CCC(C(C)C)C(OCC(=O)N2CCNCC2c2nccn2C)C1.Cl. The first kappa shape index (κ1) is 22.2. The van der Waals surface area contributed by atoms with Gasteiger partial charge >= 0.3 is 0 Å². The summed E-state index contributed by atoms with van der Waals surface area (Å²) in [5, 5.41) is 3.38. The van der Waals surface area contributed by atoms with Gasteiger partial charge in [0.05, 0.1) is 6.10 Å². The highest BCUT2D eigenvalue weighted by atomic mass is 35.5. The first-order valence-corrected chi connectivity index (χ1v) is 10.1. The number of aryl methyl sites for hydroxylation is 1. The van der Waals surface area contributed by atoms with Gasteiger partial charge in [0.25, 0.3) is 0 Å². The zero-order valence-electron chi connectivity index (χ0n) is 17.1. The monoisotopic (exact) mass is 398 g/mol. The summed E-state index contributed by atoms with van der Waals surface area (Å²) in [6, 6.07) is -0.0222. The Bertz CT molecular complexity index is 607. The fourth-order valence-electron chi connectivity index (χ4n) is 4.50. The lowest BCUT2D eigenvalue weighted by Crippen LogP contribution is -2.51. The lowest BCUT2D eigenvalue weighted by Gasteiger charge is -2.39. The molecule has 1 aliphatic carbocycles. The summed E-state index contributed by atoms with van der Waals surface area (Å²) in [5.41, 5.74) is 0. The van der Waals surface area contributed by atoms with Gasteiger partial charge in [0.2, 0.25) is 5.91 Å². The number of piperazine rings is 1. The van der Waals surface area contributed by atoms with Crippen LogP contribution in [0.15, 0.2) is 12.4 Å².